The van der Waals surface area contributed by atoms with E-state index in [1.807, 2.05) is 18.2 Å². The second kappa shape index (κ2) is 10.5. The van der Waals surface area contributed by atoms with Crippen molar-refractivity contribution in [3.8, 4) is 29.4 Å². The summed E-state index contributed by atoms with van der Waals surface area (Å²) in [5.74, 6) is 9.92. The summed E-state index contributed by atoms with van der Waals surface area (Å²) in [5.41, 5.74) is 2.95. The van der Waals surface area contributed by atoms with E-state index >= 15 is 0 Å². The molecule has 3 rings (SSSR count). The molecule has 0 spiro atoms. The number of ketones is 2. The summed E-state index contributed by atoms with van der Waals surface area (Å²) >= 11 is 8.44. The Morgan fingerprint density at radius 1 is 0.903 bits per heavy atom. The fourth-order valence-corrected chi connectivity index (χ4v) is 3.17. The molecule has 1 heterocycles. The molecule has 6 heteroatoms. The minimum atomic E-state index is -0.608. The molecule has 1 aromatic heterocycles. The molecule has 0 unspecified atom stereocenters. The number of rotatable bonds is 4. The van der Waals surface area contributed by atoms with Crippen molar-refractivity contribution < 1.29 is 14.7 Å². The molecule has 3 aromatic rings. The lowest BCUT2D eigenvalue weighted by Crippen LogP contribution is -2.02. The van der Waals surface area contributed by atoms with Crippen LogP contribution in [0.2, 0.25) is 0 Å². The Balaban J connectivity index is 1.86. The summed E-state index contributed by atoms with van der Waals surface area (Å²) in [5, 5.41) is 10.5. The van der Waals surface area contributed by atoms with Gasteiger partial charge in [0.15, 0.2) is 0 Å². The number of carbonyl (C=O) groups excluding carboxylic acids is 2. The average Bonchev–Trinajstić information content (AvgIpc) is 2.81. The molecule has 0 aliphatic heterocycles. The summed E-state index contributed by atoms with van der Waals surface area (Å²) in [6, 6.07) is 13.4. The van der Waals surface area contributed by atoms with Crippen molar-refractivity contribution >= 4 is 36.8 Å². The van der Waals surface area contributed by atoms with Crippen LogP contribution in [0.4, 0.5) is 0 Å². The molecular weight excluding hydrogens is 426 g/mol. The maximum Gasteiger partial charge on any atom is 0.239 e. The van der Waals surface area contributed by atoms with Crippen molar-refractivity contribution in [2.24, 2.45) is 0 Å². The zero-order chi connectivity index (χ0) is 22.2. The molecule has 0 aliphatic carbocycles. The smallest absolute Gasteiger partial charge is 0.239 e. The fourth-order valence-electron chi connectivity index (χ4n) is 2.72. The van der Waals surface area contributed by atoms with E-state index < -0.39 is 17.3 Å². The highest BCUT2D eigenvalue weighted by Crippen LogP contribution is 2.23. The number of hydrogen-bond acceptors (Lipinski definition) is 6. The van der Waals surface area contributed by atoms with Gasteiger partial charge in [-0.15, -0.1) is 0 Å². The number of thiol groups is 2. The van der Waals surface area contributed by atoms with Gasteiger partial charge in [0.1, 0.15) is 5.75 Å². The average molecular weight is 444 g/mol. The topological polar surface area (TPSA) is 67.3 Å². The minimum Gasteiger partial charge on any atom is -0.506 e. The molecule has 0 radical (unpaired) electrons. The van der Waals surface area contributed by atoms with Gasteiger partial charge in [0, 0.05) is 35.0 Å². The SMILES string of the molecule is O=C(C#Cc1cccc(CS)c1)c1cccc(C(=O)C#Cc2ccncc2CS)c1O. The highest BCUT2D eigenvalue weighted by Gasteiger charge is 2.16. The van der Waals surface area contributed by atoms with Crippen LogP contribution in [0.5, 0.6) is 5.75 Å². The van der Waals surface area contributed by atoms with Crippen LogP contribution in [0.1, 0.15) is 43.0 Å². The Bertz CT molecular complexity index is 1280. The van der Waals surface area contributed by atoms with Crippen molar-refractivity contribution in [1.29, 1.82) is 0 Å². The quantitative estimate of drug-likeness (QED) is 0.322. The van der Waals surface area contributed by atoms with E-state index in [1.165, 1.54) is 18.2 Å². The number of phenols is 1. The molecule has 0 atom stereocenters. The van der Waals surface area contributed by atoms with E-state index in [9.17, 15) is 14.7 Å². The van der Waals surface area contributed by atoms with Gasteiger partial charge in [0.25, 0.3) is 0 Å². The molecule has 0 aliphatic rings. The van der Waals surface area contributed by atoms with Gasteiger partial charge in [-0.05, 0) is 53.3 Å². The molecule has 31 heavy (non-hydrogen) atoms. The van der Waals surface area contributed by atoms with Crippen LogP contribution >= 0.6 is 25.3 Å². The Labute approximate surface area is 191 Å². The maximum absolute atomic E-state index is 12.5. The first-order valence-corrected chi connectivity index (χ1v) is 10.5. The third-order valence-electron chi connectivity index (χ3n) is 4.34. The molecule has 0 saturated heterocycles. The highest BCUT2D eigenvalue weighted by atomic mass is 32.1. The Hall–Kier alpha value is -3.45. The van der Waals surface area contributed by atoms with Crippen LogP contribution in [-0.4, -0.2) is 21.7 Å². The maximum atomic E-state index is 12.5. The predicted molar refractivity (Wildman–Crippen MR) is 127 cm³/mol. The lowest BCUT2D eigenvalue weighted by atomic mass is 10.0. The summed E-state index contributed by atoms with van der Waals surface area (Å²) in [6.07, 6.45) is 3.20. The van der Waals surface area contributed by atoms with E-state index in [-0.39, 0.29) is 11.1 Å². The van der Waals surface area contributed by atoms with Gasteiger partial charge in [-0.3, -0.25) is 14.6 Å². The Kier molecular flexibility index (Phi) is 7.56. The van der Waals surface area contributed by atoms with Crippen molar-refractivity contribution in [2.45, 2.75) is 11.5 Å². The molecular formula is C25H17NO3S2. The van der Waals surface area contributed by atoms with Crippen molar-refractivity contribution in [3.05, 3.63) is 94.3 Å². The molecule has 4 nitrogen and oxygen atoms in total. The molecule has 152 valence electrons. The van der Waals surface area contributed by atoms with E-state index in [2.05, 4.69) is 53.9 Å². The predicted octanol–water partition coefficient (Wildman–Crippen LogP) is 4.12. The Morgan fingerprint density at radius 3 is 2.26 bits per heavy atom. The number of aromatic nitrogens is 1. The molecule has 0 amide bonds. The van der Waals surface area contributed by atoms with Gasteiger partial charge in [-0.2, -0.15) is 25.3 Å². The largest absolute Gasteiger partial charge is 0.506 e. The van der Waals surface area contributed by atoms with Gasteiger partial charge < -0.3 is 5.11 Å². The van der Waals surface area contributed by atoms with Gasteiger partial charge in [0.2, 0.25) is 11.6 Å². The lowest BCUT2D eigenvalue weighted by molar-refractivity contribution is 0.105. The number of phenolic OH excluding ortho intramolecular Hbond substituents is 1. The van der Waals surface area contributed by atoms with Crippen molar-refractivity contribution in [3.63, 3.8) is 0 Å². The standard InChI is InChI=1S/C25H17NO3S2/c27-23(9-7-17-3-1-4-18(13-17)15-30)21-5-2-6-22(25(21)29)24(28)10-8-19-11-12-26-14-20(19)16-31/h1-6,11-14,29-31H,15-16H2. The number of hydrogen-bond donors (Lipinski definition) is 3. The van der Waals surface area contributed by atoms with E-state index in [1.54, 1.807) is 24.5 Å². The second-order valence-corrected chi connectivity index (χ2v) is 7.04. The lowest BCUT2D eigenvalue weighted by Gasteiger charge is -2.03. The number of aromatic hydroxyl groups is 1. The summed E-state index contributed by atoms with van der Waals surface area (Å²) < 4.78 is 0. The Morgan fingerprint density at radius 2 is 1.58 bits per heavy atom. The van der Waals surface area contributed by atoms with Crippen LogP contribution in [0.25, 0.3) is 0 Å². The highest BCUT2D eigenvalue weighted by molar-refractivity contribution is 7.79. The zero-order valence-electron chi connectivity index (χ0n) is 16.3. The van der Waals surface area contributed by atoms with Gasteiger partial charge >= 0.3 is 0 Å². The fraction of sp³-hybridized carbons (Fsp3) is 0.0800. The first kappa shape index (κ1) is 22.2. The van der Waals surface area contributed by atoms with Crippen molar-refractivity contribution in [2.75, 3.05) is 0 Å². The van der Waals surface area contributed by atoms with Gasteiger partial charge in [0.05, 0.1) is 11.1 Å². The third-order valence-corrected chi connectivity index (χ3v) is 5.05. The first-order chi connectivity index (χ1) is 15.0. The monoisotopic (exact) mass is 443 g/mol. The summed E-state index contributed by atoms with van der Waals surface area (Å²) in [7, 11) is 0. The number of nitrogens with zero attached hydrogens (tertiary/aromatic N) is 1. The van der Waals surface area contributed by atoms with Crippen molar-refractivity contribution in [1.82, 2.24) is 4.98 Å². The van der Waals surface area contributed by atoms with Crippen LogP contribution < -0.4 is 0 Å². The number of para-hydroxylation sites is 1. The van der Waals surface area contributed by atoms with Gasteiger partial charge in [-0.1, -0.05) is 30.0 Å². The van der Waals surface area contributed by atoms with Gasteiger partial charge in [-0.25, -0.2) is 0 Å². The number of Topliss-reactive ketones (excluding diaryl/α,β-unsaturated/α-hetero) is 2. The normalized spacial score (nSPS) is 9.74. The summed E-state index contributed by atoms with van der Waals surface area (Å²) in [6.45, 7) is 0. The van der Waals surface area contributed by atoms with Crippen LogP contribution in [0.3, 0.4) is 0 Å². The molecule has 1 N–H and O–H groups in total. The van der Waals surface area contributed by atoms with E-state index in [4.69, 9.17) is 0 Å². The number of carbonyl (C=O) groups is 2. The zero-order valence-corrected chi connectivity index (χ0v) is 18.1. The number of benzene rings is 2. The number of pyridine rings is 1. The second-order valence-electron chi connectivity index (χ2n) is 6.41. The molecule has 0 bridgehead atoms. The van der Waals surface area contributed by atoms with Crippen LogP contribution in [0.15, 0.2) is 60.9 Å². The molecule has 2 aromatic carbocycles. The first-order valence-electron chi connectivity index (χ1n) is 9.21. The van der Waals surface area contributed by atoms with E-state index in [0.29, 0.717) is 22.6 Å². The molecule has 0 fully saturated rings. The minimum absolute atomic E-state index is 0.0505. The summed E-state index contributed by atoms with van der Waals surface area (Å²) in [4.78, 5) is 29.1. The van der Waals surface area contributed by atoms with Crippen LogP contribution in [0, 0.1) is 23.7 Å². The third kappa shape index (κ3) is 5.58. The van der Waals surface area contributed by atoms with Crippen LogP contribution in [-0.2, 0) is 11.5 Å². The molecule has 0 saturated carbocycles. The van der Waals surface area contributed by atoms with E-state index in [0.717, 1.165) is 11.1 Å².